The van der Waals surface area contributed by atoms with Crippen LogP contribution < -0.4 is 9.62 Å². The SMILES string of the molecule is C[C@H]1[C@H](O)CN1c1nc(-c2ccc3c(c2)COC[C@@H]3NS(=O)(=O)C2CC2)c2c(n1)C(F)(F)CC2. The summed E-state index contributed by atoms with van der Waals surface area (Å²) in [6, 6.07) is 4.76. The molecular formula is C23H26F2N4O4S. The molecule has 0 spiro atoms. The zero-order chi connectivity index (χ0) is 23.8. The Morgan fingerprint density at radius 3 is 2.76 bits per heavy atom. The average molecular weight is 493 g/mol. The maximum absolute atomic E-state index is 14.7. The third-order valence-corrected chi connectivity index (χ3v) is 9.29. The molecule has 11 heteroatoms. The van der Waals surface area contributed by atoms with Gasteiger partial charge in [0.05, 0.1) is 42.3 Å². The van der Waals surface area contributed by atoms with Gasteiger partial charge in [-0.15, -0.1) is 0 Å². The fraction of sp³-hybridized carbons (Fsp3) is 0.565. The number of aliphatic hydroxyl groups excluding tert-OH is 1. The molecule has 6 rings (SSSR count). The van der Waals surface area contributed by atoms with E-state index in [1.165, 1.54) is 0 Å². The highest BCUT2D eigenvalue weighted by atomic mass is 32.2. The molecule has 2 aliphatic carbocycles. The van der Waals surface area contributed by atoms with Gasteiger partial charge in [-0.3, -0.25) is 0 Å². The Kier molecular flexibility index (Phi) is 5.01. The highest BCUT2D eigenvalue weighted by Crippen LogP contribution is 2.45. The molecule has 0 bridgehead atoms. The van der Waals surface area contributed by atoms with Crippen LogP contribution in [0.3, 0.4) is 0 Å². The van der Waals surface area contributed by atoms with Gasteiger partial charge in [0.25, 0.3) is 5.92 Å². The first kappa shape index (κ1) is 22.3. The Bertz CT molecular complexity index is 1270. The van der Waals surface area contributed by atoms with Gasteiger partial charge in [-0.05, 0) is 43.4 Å². The zero-order valence-corrected chi connectivity index (χ0v) is 19.5. The van der Waals surface area contributed by atoms with Crippen molar-refractivity contribution in [1.29, 1.82) is 0 Å². The van der Waals surface area contributed by atoms with E-state index < -0.39 is 28.1 Å². The van der Waals surface area contributed by atoms with E-state index in [9.17, 15) is 22.3 Å². The number of β-amino-alcohol motifs (C(OH)–C–C–N with tert-alkyl or cyclic N) is 1. The molecule has 34 heavy (non-hydrogen) atoms. The number of hydrogen-bond acceptors (Lipinski definition) is 7. The number of fused-ring (bicyclic) bond motifs is 2. The third-order valence-electron chi connectivity index (χ3n) is 7.32. The van der Waals surface area contributed by atoms with Crippen LogP contribution in [0.25, 0.3) is 11.3 Å². The summed E-state index contributed by atoms with van der Waals surface area (Å²) in [4.78, 5) is 10.6. The van der Waals surface area contributed by atoms with Crippen molar-refractivity contribution in [1.82, 2.24) is 14.7 Å². The number of hydrogen-bond donors (Lipinski definition) is 2. The summed E-state index contributed by atoms with van der Waals surface area (Å²) in [6.45, 7) is 2.65. The lowest BCUT2D eigenvalue weighted by Crippen LogP contribution is -2.59. The van der Waals surface area contributed by atoms with E-state index in [2.05, 4.69) is 14.7 Å². The molecule has 3 heterocycles. The minimum atomic E-state index is -3.39. The van der Waals surface area contributed by atoms with E-state index in [4.69, 9.17) is 4.74 Å². The summed E-state index contributed by atoms with van der Waals surface area (Å²) in [5, 5.41) is 9.57. The van der Waals surface area contributed by atoms with Crippen molar-refractivity contribution < 1.29 is 27.0 Å². The van der Waals surface area contributed by atoms with E-state index in [1.807, 2.05) is 19.1 Å². The molecule has 8 nitrogen and oxygen atoms in total. The van der Waals surface area contributed by atoms with Crippen molar-refractivity contribution in [2.45, 2.75) is 68.6 Å². The fourth-order valence-corrected chi connectivity index (χ4v) is 6.54. The van der Waals surface area contributed by atoms with E-state index >= 15 is 0 Å². The molecule has 0 unspecified atom stereocenters. The second-order valence-electron chi connectivity index (χ2n) is 9.71. The van der Waals surface area contributed by atoms with Crippen LogP contribution in [0.2, 0.25) is 0 Å². The molecule has 2 fully saturated rings. The van der Waals surface area contributed by atoms with Gasteiger partial charge in [0.15, 0.2) is 0 Å². The first-order chi connectivity index (χ1) is 16.1. The van der Waals surface area contributed by atoms with Crippen molar-refractivity contribution in [3.8, 4) is 11.3 Å². The van der Waals surface area contributed by atoms with Crippen molar-refractivity contribution >= 4 is 16.0 Å². The van der Waals surface area contributed by atoms with Crippen molar-refractivity contribution in [2.24, 2.45) is 0 Å². The largest absolute Gasteiger partial charge is 0.389 e. The predicted molar refractivity (Wildman–Crippen MR) is 120 cm³/mol. The van der Waals surface area contributed by atoms with Crippen molar-refractivity contribution in [2.75, 3.05) is 18.1 Å². The molecule has 1 aromatic carbocycles. The Morgan fingerprint density at radius 1 is 1.26 bits per heavy atom. The number of halogens is 2. The highest BCUT2D eigenvalue weighted by molar-refractivity contribution is 7.90. The van der Waals surface area contributed by atoms with E-state index in [0.29, 0.717) is 42.8 Å². The number of alkyl halides is 2. The molecule has 2 aliphatic heterocycles. The molecule has 0 radical (unpaired) electrons. The number of sulfonamides is 1. The lowest BCUT2D eigenvalue weighted by atomic mass is 9.95. The van der Waals surface area contributed by atoms with Gasteiger partial charge in [0.1, 0.15) is 5.69 Å². The standard InChI is InChI=1S/C23H26F2N4O4S/c1-12-19(30)9-29(12)22-26-20(17-6-7-23(24,25)21(17)27-22)13-2-5-16-14(8-13)10-33-11-18(16)28-34(31,32)15-3-4-15/h2,5,8,12,15,18-19,28,30H,3-4,6-7,9-11H2,1H3/t12-,18-,19+/m0/s1. The minimum absolute atomic E-state index is 0.174. The summed E-state index contributed by atoms with van der Waals surface area (Å²) in [6.07, 6.45) is 0.663. The van der Waals surface area contributed by atoms with Gasteiger partial charge in [-0.1, -0.05) is 12.1 Å². The molecule has 3 atom stereocenters. The van der Waals surface area contributed by atoms with Crippen molar-refractivity contribution in [3.63, 3.8) is 0 Å². The summed E-state index contributed by atoms with van der Waals surface area (Å²) in [5.74, 6) is -2.84. The second-order valence-corrected chi connectivity index (χ2v) is 11.7. The van der Waals surface area contributed by atoms with Crippen LogP contribution in [0.15, 0.2) is 18.2 Å². The first-order valence-corrected chi connectivity index (χ1v) is 13.1. The maximum Gasteiger partial charge on any atom is 0.290 e. The quantitative estimate of drug-likeness (QED) is 0.661. The second kappa shape index (κ2) is 7.64. The minimum Gasteiger partial charge on any atom is -0.389 e. The fourth-order valence-electron chi connectivity index (χ4n) is 5.00. The number of aromatic nitrogens is 2. The summed E-state index contributed by atoms with van der Waals surface area (Å²) < 4.78 is 62.7. The smallest absolute Gasteiger partial charge is 0.290 e. The van der Waals surface area contributed by atoms with Gasteiger partial charge >= 0.3 is 0 Å². The maximum atomic E-state index is 14.7. The number of rotatable bonds is 5. The van der Waals surface area contributed by atoms with Crippen LogP contribution in [0.5, 0.6) is 0 Å². The van der Waals surface area contributed by atoms with E-state index in [-0.39, 0.29) is 42.4 Å². The number of nitrogens with zero attached hydrogens (tertiary/aromatic N) is 3. The number of aliphatic hydroxyl groups is 1. The summed E-state index contributed by atoms with van der Waals surface area (Å²) in [7, 11) is -3.39. The van der Waals surface area contributed by atoms with Gasteiger partial charge < -0.3 is 14.7 Å². The first-order valence-electron chi connectivity index (χ1n) is 11.6. The topological polar surface area (TPSA) is 105 Å². The Balaban J connectivity index is 1.39. The highest BCUT2D eigenvalue weighted by Gasteiger charge is 2.45. The molecular weight excluding hydrogens is 466 g/mol. The monoisotopic (exact) mass is 492 g/mol. The number of ether oxygens (including phenoxy) is 1. The Hall–Kier alpha value is -2.21. The normalized spacial score (nSPS) is 27.8. The molecule has 1 aromatic heterocycles. The number of benzene rings is 1. The third kappa shape index (κ3) is 3.60. The number of anilines is 1. The lowest BCUT2D eigenvalue weighted by Gasteiger charge is -2.43. The lowest BCUT2D eigenvalue weighted by molar-refractivity contribution is -0.00603. The van der Waals surface area contributed by atoms with Crippen LogP contribution in [0.4, 0.5) is 14.7 Å². The van der Waals surface area contributed by atoms with Crippen LogP contribution >= 0.6 is 0 Å². The Morgan fingerprint density at radius 2 is 2.06 bits per heavy atom. The molecule has 0 amide bonds. The van der Waals surface area contributed by atoms with Crippen LogP contribution in [0.1, 0.15) is 54.6 Å². The molecule has 182 valence electrons. The molecule has 4 aliphatic rings. The summed E-state index contributed by atoms with van der Waals surface area (Å²) >= 11 is 0. The van der Waals surface area contributed by atoms with Crippen LogP contribution in [-0.4, -0.2) is 54.0 Å². The van der Waals surface area contributed by atoms with E-state index in [1.54, 1.807) is 11.0 Å². The van der Waals surface area contributed by atoms with Gasteiger partial charge in [-0.2, -0.15) is 8.78 Å². The average Bonchev–Trinajstić information content (AvgIpc) is 3.62. The molecule has 1 saturated heterocycles. The molecule has 2 aromatic rings. The van der Waals surface area contributed by atoms with Crippen molar-refractivity contribution in [3.05, 3.63) is 40.6 Å². The van der Waals surface area contributed by atoms with Gasteiger partial charge in [-0.25, -0.2) is 23.1 Å². The summed E-state index contributed by atoms with van der Waals surface area (Å²) in [5.41, 5.74) is 2.94. The van der Waals surface area contributed by atoms with Crippen LogP contribution in [-0.2, 0) is 33.7 Å². The van der Waals surface area contributed by atoms with Gasteiger partial charge in [0, 0.05) is 24.1 Å². The number of nitrogens with one attached hydrogen (secondary N) is 1. The zero-order valence-electron chi connectivity index (χ0n) is 18.7. The predicted octanol–water partition coefficient (Wildman–Crippen LogP) is 2.40. The Labute approximate surface area is 196 Å². The van der Waals surface area contributed by atoms with E-state index in [0.717, 1.165) is 11.1 Å². The van der Waals surface area contributed by atoms with Crippen LogP contribution in [0, 0.1) is 0 Å². The molecule has 1 saturated carbocycles. The van der Waals surface area contributed by atoms with Gasteiger partial charge in [0.2, 0.25) is 16.0 Å². The molecule has 2 N–H and O–H groups in total.